The van der Waals surface area contributed by atoms with Crippen molar-refractivity contribution in [2.24, 2.45) is 0 Å². The number of carbonyl (C=O) groups excluding carboxylic acids is 1. The first-order valence-corrected chi connectivity index (χ1v) is 5.51. The molecule has 1 aromatic heterocycles. The molecule has 0 saturated heterocycles. The van der Waals surface area contributed by atoms with Gasteiger partial charge < -0.3 is 9.47 Å². The standard InChI is InChI=1S/C13H11F2NO3/c1-7(13(17)18-2)19-10-5-6-16-12-9(15)4-3-8(14)11(10)12/h3-7H,1-2H3/t7-/m0/s1. The molecule has 0 aliphatic heterocycles. The lowest BCUT2D eigenvalue weighted by molar-refractivity contribution is -0.147. The molecule has 2 aromatic rings. The monoisotopic (exact) mass is 267 g/mol. The summed E-state index contributed by atoms with van der Waals surface area (Å²) >= 11 is 0. The molecule has 1 heterocycles. The number of methoxy groups -OCH3 is 1. The number of halogens is 2. The smallest absolute Gasteiger partial charge is 0.346 e. The van der Waals surface area contributed by atoms with Crippen LogP contribution in [0.2, 0.25) is 0 Å². The van der Waals surface area contributed by atoms with Crippen molar-refractivity contribution in [1.29, 1.82) is 0 Å². The molecule has 4 nitrogen and oxygen atoms in total. The lowest BCUT2D eigenvalue weighted by Crippen LogP contribution is -2.25. The van der Waals surface area contributed by atoms with E-state index in [1.807, 2.05) is 0 Å². The van der Waals surface area contributed by atoms with Gasteiger partial charge in [-0.1, -0.05) is 0 Å². The van der Waals surface area contributed by atoms with Gasteiger partial charge in [0.25, 0.3) is 0 Å². The third-order valence-corrected chi connectivity index (χ3v) is 2.59. The molecule has 100 valence electrons. The van der Waals surface area contributed by atoms with Gasteiger partial charge in [-0.3, -0.25) is 4.98 Å². The number of pyridine rings is 1. The zero-order valence-electron chi connectivity index (χ0n) is 10.3. The van der Waals surface area contributed by atoms with Crippen molar-refractivity contribution in [2.75, 3.05) is 7.11 Å². The topological polar surface area (TPSA) is 48.4 Å². The van der Waals surface area contributed by atoms with E-state index in [0.29, 0.717) is 0 Å². The van der Waals surface area contributed by atoms with Gasteiger partial charge in [-0.15, -0.1) is 0 Å². The minimum Gasteiger partial charge on any atom is -0.478 e. The quantitative estimate of drug-likeness (QED) is 0.801. The van der Waals surface area contributed by atoms with Crippen molar-refractivity contribution in [1.82, 2.24) is 4.98 Å². The molecule has 0 spiro atoms. The van der Waals surface area contributed by atoms with Crippen LogP contribution in [0.25, 0.3) is 10.9 Å². The Hall–Kier alpha value is -2.24. The molecule has 0 N–H and O–H groups in total. The second-order valence-electron chi connectivity index (χ2n) is 3.85. The van der Waals surface area contributed by atoms with E-state index in [-0.39, 0.29) is 16.7 Å². The average Bonchev–Trinajstić information content (AvgIpc) is 2.42. The van der Waals surface area contributed by atoms with Crippen LogP contribution < -0.4 is 4.74 Å². The molecule has 19 heavy (non-hydrogen) atoms. The summed E-state index contributed by atoms with van der Waals surface area (Å²) < 4.78 is 37.1. The molecule has 0 radical (unpaired) electrons. The summed E-state index contributed by atoms with van der Waals surface area (Å²) in [6, 6.07) is 3.33. The lowest BCUT2D eigenvalue weighted by Gasteiger charge is -2.14. The van der Waals surface area contributed by atoms with Crippen LogP contribution in [-0.2, 0) is 9.53 Å². The predicted molar refractivity (Wildman–Crippen MR) is 63.8 cm³/mol. The van der Waals surface area contributed by atoms with Crippen molar-refractivity contribution < 1.29 is 23.0 Å². The fourth-order valence-electron chi connectivity index (χ4n) is 1.67. The summed E-state index contributed by atoms with van der Waals surface area (Å²) in [5, 5.41) is -0.0988. The number of rotatable bonds is 3. The number of nitrogens with zero attached hydrogens (tertiary/aromatic N) is 1. The van der Waals surface area contributed by atoms with Crippen LogP contribution in [0.5, 0.6) is 5.75 Å². The predicted octanol–water partition coefficient (Wildman–Crippen LogP) is 2.45. The Morgan fingerprint density at radius 2 is 1.95 bits per heavy atom. The number of hydrogen-bond donors (Lipinski definition) is 0. The van der Waals surface area contributed by atoms with E-state index in [2.05, 4.69) is 9.72 Å². The van der Waals surface area contributed by atoms with Crippen LogP contribution in [-0.4, -0.2) is 24.2 Å². The van der Waals surface area contributed by atoms with E-state index in [4.69, 9.17) is 4.74 Å². The first kappa shape index (κ1) is 13.2. The summed E-state index contributed by atoms with van der Waals surface area (Å²) in [7, 11) is 1.22. The second-order valence-corrected chi connectivity index (χ2v) is 3.85. The lowest BCUT2D eigenvalue weighted by atomic mass is 10.2. The van der Waals surface area contributed by atoms with Crippen molar-refractivity contribution in [3.63, 3.8) is 0 Å². The summed E-state index contributed by atoms with van der Waals surface area (Å²) in [6.45, 7) is 1.45. The van der Waals surface area contributed by atoms with Crippen molar-refractivity contribution in [3.8, 4) is 5.75 Å². The minimum atomic E-state index is -0.932. The average molecular weight is 267 g/mol. The van der Waals surface area contributed by atoms with Gasteiger partial charge in [0.05, 0.1) is 12.5 Å². The maximum Gasteiger partial charge on any atom is 0.346 e. The number of aromatic nitrogens is 1. The van der Waals surface area contributed by atoms with Gasteiger partial charge in [0.2, 0.25) is 0 Å². The Balaban J connectivity index is 2.50. The van der Waals surface area contributed by atoms with Crippen LogP contribution in [0.1, 0.15) is 6.92 Å². The van der Waals surface area contributed by atoms with Crippen LogP contribution >= 0.6 is 0 Å². The molecule has 0 fully saturated rings. The maximum atomic E-state index is 13.8. The van der Waals surface area contributed by atoms with Crippen LogP contribution in [0, 0.1) is 11.6 Å². The van der Waals surface area contributed by atoms with Gasteiger partial charge in [0.15, 0.2) is 6.10 Å². The number of carbonyl (C=O) groups is 1. The van der Waals surface area contributed by atoms with E-state index in [1.165, 1.54) is 26.3 Å². The van der Waals surface area contributed by atoms with E-state index >= 15 is 0 Å². The number of hydrogen-bond acceptors (Lipinski definition) is 4. The molecule has 6 heteroatoms. The molecular weight excluding hydrogens is 256 g/mol. The Kier molecular flexibility index (Phi) is 3.59. The second kappa shape index (κ2) is 5.17. The molecule has 0 unspecified atom stereocenters. The fraction of sp³-hybridized carbons (Fsp3) is 0.231. The summed E-state index contributed by atoms with van der Waals surface area (Å²) in [6.07, 6.45) is 0.350. The van der Waals surface area contributed by atoms with Gasteiger partial charge in [-0.2, -0.15) is 0 Å². The minimum absolute atomic E-state index is 0.0416. The Labute approximate surface area is 108 Å². The molecule has 2 rings (SSSR count). The summed E-state index contributed by atoms with van der Waals surface area (Å²) in [5.74, 6) is -1.90. The number of fused-ring (bicyclic) bond motifs is 1. The highest BCUT2D eigenvalue weighted by Crippen LogP contribution is 2.29. The molecular formula is C13H11F2NO3. The van der Waals surface area contributed by atoms with Crippen LogP contribution in [0.3, 0.4) is 0 Å². The van der Waals surface area contributed by atoms with E-state index in [9.17, 15) is 13.6 Å². The van der Waals surface area contributed by atoms with Gasteiger partial charge in [0.1, 0.15) is 22.9 Å². The van der Waals surface area contributed by atoms with E-state index in [0.717, 1.165) is 12.1 Å². The summed E-state index contributed by atoms with van der Waals surface area (Å²) in [5.41, 5.74) is -0.144. The number of benzene rings is 1. The molecule has 0 amide bonds. The Morgan fingerprint density at radius 3 is 2.63 bits per heavy atom. The highest BCUT2D eigenvalue weighted by atomic mass is 19.1. The van der Waals surface area contributed by atoms with E-state index < -0.39 is 23.7 Å². The normalized spacial score (nSPS) is 12.2. The van der Waals surface area contributed by atoms with Gasteiger partial charge in [0, 0.05) is 6.20 Å². The Bertz CT molecular complexity index is 631. The molecule has 0 saturated carbocycles. The van der Waals surface area contributed by atoms with E-state index in [1.54, 1.807) is 0 Å². The van der Waals surface area contributed by atoms with Gasteiger partial charge in [-0.25, -0.2) is 13.6 Å². The van der Waals surface area contributed by atoms with Gasteiger partial charge >= 0.3 is 5.97 Å². The fourth-order valence-corrected chi connectivity index (χ4v) is 1.67. The largest absolute Gasteiger partial charge is 0.478 e. The molecule has 0 bridgehead atoms. The first-order chi connectivity index (χ1) is 9.04. The first-order valence-electron chi connectivity index (χ1n) is 5.51. The van der Waals surface area contributed by atoms with Crippen molar-refractivity contribution in [2.45, 2.75) is 13.0 Å². The Morgan fingerprint density at radius 1 is 1.26 bits per heavy atom. The number of esters is 1. The molecule has 1 atom stereocenters. The summed E-state index contributed by atoms with van der Waals surface area (Å²) in [4.78, 5) is 15.0. The number of ether oxygens (including phenoxy) is 2. The van der Waals surface area contributed by atoms with Gasteiger partial charge in [-0.05, 0) is 25.1 Å². The van der Waals surface area contributed by atoms with Crippen LogP contribution in [0.15, 0.2) is 24.4 Å². The highest BCUT2D eigenvalue weighted by Gasteiger charge is 2.19. The third-order valence-electron chi connectivity index (χ3n) is 2.59. The van der Waals surface area contributed by atoms with Crippen molar-refractivity contribution in [3.05, 3.63) is 36.0 Å². The molecule has 1 aromatic carbocycles. The third kappa shape index (κ3) is 2.47. The zero-order chi connectivity index (χ0) is 14.0. The molecule has 0 aliphatic rings. The molecule has 0 aliphatic carbocycles. The zero-order valence-corrected chi connectivity index (χ0v) is 10.3. The SMILES string of the molecule is COC(=O)[C@H](C)Oc1ccnc2c(F)ccc(F)c12. The van der Waals surface area contributed by atoms with Crippen LogP contribution in [0.4, 0.5) is 8.78 Å². The highest BCUT2D eigenvalue weighted by molar-refractivity contribution is 5.86. The van der Waals surface area contributed by atoms with Crippen molar-refractivity contribution >= 4 is 16.9 Å². The maximum absolute atomic E-state index is 13.8.